The number of nitrogens with zero attached hydrogens (tertiary/aromatic N) is 3. The summed E-state index contributed by atoms with van der Waals surface area (Å²) in [6.07, 6.45) is 3.08. The van der Waals surface area contributed by atoms with Crippen LogP contribution in [0.5, 0.6) is 0 Å². The van der Waals surface area contributed by atoms with Gasteiger partial charge in [0, 0.05) is 29.3 Å². The zero-order valence-electron chi connectivity index (χ0n) is 18.8. The second-order valence-corrected chi connectivity index (χ2v) is 9.31. The molecule has 9 heteroatoms. The molecule has 2 heterocycles. The van der Waals surface area contributed by atoms with Crippen molar-refractivity contribution in [3.63, 3.8) is 0 Å². The molecule has 2 aromatic carbocycles. The Labute approximate surface area is 200 Å². The smallest absolute Gasteiger partial charge is 0.268 e. The van der Waals surface area contributed by atoms with Crippen molar-refractivity contribution < 1.29 is 9.59 Å². The normalized spacial score (nSPS) is 11.1. The molecule has 0 bridgehead atoms. The molecule has 0 fully saturated rings. The molecule has 0 radical (unpaired) electrons. The quantitative estimate of drug-likeness (QED) is 0.380. The Morgan fingerprint density at radius 3 is 2.56 bits per heavy atom. The van der Waals surface area contributed by atoms with Gasteiger partial charge in [0.25, 0.3) is 11.8 Å². The summed E-state index contributed by atoms with van der Waals surface area (Å²) in [7, 11) is 0. The predicted molar refractivity (Wildman–Crippen MR) is 134 cm³/mol. The van der Waals surface area contributed by atoms with Crippen LogP contribution in [0.4, 0.5) is 17.1 Å². The number of hydrogen-bond donors (Lipinski definition) is 3. The number of amides is 2. The molecule has 0 unspecified atom stereocenters. The Hall–Kier alpha value is -4.29. The van der Waals surface area contributed by atoms with Crippen molar-refractivity contribution in [2.24, 2.45) is 0 Å². The number of anilines is 3. The van der Waals surface area contributed by atoms with Crippen molar-refractivity contribution in [2.75, 3.05) is 16.4 Å². The van der Waals surface area contributed by atoms with Crippen molar-refractivity contribution in [3.8, 4) is 6.07 Å². The van der Waals surface area contributed by atoms with Crippen LogP contribution in [0, 0.1) is 18.3 Å². The van der Waals surface area contributed by atoms with Crippen LogP contribution in [-0.4, -0.2) is 21.8 Å². The molecule has 8 nitrogen and oxygen atoms in total. The number of fused-ring (bicyclic) bond motifs is 1. The topological polar surface area (TPSA) is 134 Å². The third kappa shape index (κ3) is 4.44. The number of thiophene rings is 1. The van der Waals surface area contributed by atoms with Crippen LogP contribution in [-0.2, 0) is 5.41 Å². The molecule has 0 aliphatic rings. The molecule has 2 amide bonds. The SMILES string of the molecule is Cc1ccc(NC(=O)c2cccc(C(C)(C)C#N)c2)cc1NC(=O)c1sc2nccnc2c1N. The number of nitrogens with two attached hydrogens (primary N) is 1. The van der Waals surface area contributed by atoms with Gasteiger partial charge >= 0.3 is 0 Å². The molecule has 4 rings (SSSR count). The first-order valence-electron chi connectivity index (χ1n) is 10.4. The number of aryl methyl sites for hydroxylation is 1. The summed E-state index contributed by atoms with van der Waals surface area (Å²) in [5.41, 5.74) is 9.25. The van der Waals surface area contributed by atoms with Gasteiger partial charge in [-0.3, -0.25) is 9.59 Å². The third-order valence-electron chi connectivity index (χ3n) is 5.44. The standard InChI is InChI=1S/C25H22N6O2S/c1-14-7-8-17(30-22(32)15-5-4-6-16(11-15)25(2,3)13-26)12-18(14)31-23(33)21-19(27)20-24(34-21)29-10-9-28-20/h4-12H,27H2,1-3H3,(H,30,32)(H,31,33). The number of aromatic nitrogens is 2. The minimum absolute atomic E-state index is 0.285. The monoisotopic (exact) mass is 470 g/mol. The van der Waals surface area contributed by atoms with Gasteiger partial charge in [0.15, 0.2) is 0 Å². The van der Waals surface area contributed by atoms with Gasteiger partial charge in [0.05, 0.1) is 17.2 Å². The Bertz CT molecular complexity index is 1470. The summed E-state index contributed by atoms with van der Waals surface area (Å²) in [4.78, 5) is 35.1. The van der Waals surface area contributed by atoms with Gasteiger partial charge in [-0.2, -0.15) is 5.26 Å². The van der Waals surface area contributed by atoms with Gasteiger partial charge in [-0.05, 0) is 56.2 Å². The molecular weight excluding hydrogens is 448 g/mol. The van der Waals surface area contributed by atoms with E-state index in [0.717, 1.165) is 11.1 Å². The maximum Gasteiger partial charge on any atom is 0.268 e. The van der Waals surface area contributed by atoms with Crippen molar-refractivity contribution in [3.05, 3.63) is 76.4 Å². The lowest BCUT2D eigenvalue weighted by Gasteiger charge is -2.17. The Kier molecular flexibility index (Phi) is 6.01. The highest BCUT2D eigenvalue weighted by Crippen LogP contribution is 2.32. The molecule has 4 aromatic rings. The predicted octanol–water partition coefficient (Wildman–Crippen LogP) is 4.89. The maximum absolute atomic E-state index is 12.9. The fourth-order valence-electron chi connectivity index (χ4n) is 3.34. The van der Waals surface area contributed by atoms with E-state index in [-0.39, 0.29) is 17.5 Å². The molecule has 170 valence electrons. The molecule has 0 atom stereocenters. The summed E-state index contributed by atoms with van der Waals surface area (Å²) in [5, 5.41) is 15.1. The number of rotatable bonds is 5. The maximum atomic E-state index is 12.9. The van der Waals surface area contributed by atoms with Crippen LogP contribution in [0.3, 0.4) is 0 Å². The van der Waals surface area contributed by atoms with Crippen molar-refractivity contribution >= 4 is 50.6 Å². The zero-order chi connectivity index (χ0) is 24.5. The highest BCUT2D eigenvalue weighted by atomic mass is 32.1. The van der Waals surface area contributed by atoms with E-state index >= 15 is 0 Å². The van der Waals surface area contributed by atoms with Gasteiger partial charge in [0.1, 0.15) is 15.2 Å². The number of nitrogen functional groups attached to an aromatic ring is 1. The second kappa shape index (κ2) is 8.92. The minimum atomic E-state index is -0.711. The number of nitriles is 1. The lowest BCUT2D eigenvalue weighted by Crippen LogP contribution is -2.17. The van der Waals surface area contributed by atoms with Crippen LogP contribution in [0.2, 0.25) is 0 Å². The molecule has 4 N–H and O–H groups in total. The first-order chi connectivity index (χ1) is 16.2. The summed E-state index contributed by atoms with van der Waals surface area (Å²) >= 11 is 1.17. The molecule has 0 saturated heterocycles. The van der Waals surface area contributed by atoms with Crippen LogP contribution >= 0.6 is 11.3 Å². The lowest BCUT2D eigenvalue weighted by molar-refractivity contribution is 0.102. The number of carbonyl (C=O) groups excluding carboxylic acids is 2. The molecule has 0 aliphatic heterocycles. The number of hydrogen-bond acceptors (Lipinski definition) is 7. The summed E-state index contributed by atoms with van der Waals surface area (Å²) in [6, 6.07) is 14.5. The first-order valence-corrected chi connectivity index (χ1v) is 11.3. The first kappa shape index (κ1) is 22.9. The van der Waals surface area contributed by atoms with E-state index in [1.807, 2.05) is 13.0 Å². The van der Waals surface area contributed by atoms with Crippen LogP contribution in [0.15, 0.2) is 54.9 Å². The van der Waals surface area contributed by atoms with E-state index < -0.39 is 5.41 Å². The highest BCUT2D eigenvalue weighted by molar-refractivity contribution is 7.21. The van der Waals surface area contributed by atoms with Crippen LogP contribution in [0.25, 0.3) is 10.3 Å². The molecule has 34 heavy (non-hydrogen) atoms. The number of nitrogens with one attached hydrogen (secondary N) is 2. The van der Waals surface area contributed by atoms with Gasteiger partial charge in [-0.15, -0.1) is 11.3 Å². The number of carbonyl (C=O) groups is 2. The summed E-state index contributed by atoms with van der Waals surface area (Å²) in [6.45, 7) is 5.45. The third-order valence-corrected chi connectivity index (χ3v) is 6.54. The average Bonchev–Trinajstić information content (AvgIpc) is 3.18. The Morgan fingerprint density at radius 2 is 1.82 bits per heavy atom. The molecule has 0 spiro atoms. The highest BCUT2D eigenvalue weighted by Gasteiger charge is 2.21. The van der Waals surface area contributed by atoms with Gasteiger partial charge in [-0.25, -0.2) is 9.97 Å². The van der Waals surface area contributed by atoms with Gasteiger partial charge < -0.3 is 16.4 Å². The van der Waals surface area contributed by atoms with Crippen molar-refractivity contribution in [1.29, 1.82) is 5.26 Å². The lowest BCUT2D eigenvalue weighted by atomic mass is 9.85. The molecule has 0 aliphatic carbocycles. The van der Waals surface area contributed by atoms with Crippen molar-refractivity contribution in [1.82, 2.24) is 9.97 Å². The average molecular weight is 471 g/mol. The fraction of sp³-hybridized carbons (Fsp3) is 0.160. The van der Waals surface area contributed by atoms with Crippen LogP contribution < -0.4 is 16.4 Å². The van der Waals surface area contributed by atoms with Crippen LogP contribution in [0.1, 0.15) is 45.0 Å². The summed E-state index contributed by atoms with van der Waals surface area (Å²) in [5.74, 6) is -0.692. The second-order valence-electron chi connectivity index (χ2n) is 8.31. The van der Waals surface area contributed by atoms with E-state index in [4.69, 9.17) is 5.73 Å². The largest absolute Gasteiger partial charge is 0.396 e. The van der Waals surface area contributed by atoms with E-state index in [1.54, 1.807) is 56.4 Å². The number of benzene rings is 2. The zero-order valence-corrected chi connectivity index (χ0v) is 19.7. The molecular formula is C25H22N6O2S. The Morgan fingerprint density at radius 1 is 1.06 bits per heavy atom. The van der Waals surface area contributed by atoms with E-state index in [0.29, 0.717) is 32.2 Å². The van der Waals surface area contributed by atoms with Gasteiger partial charge in [0.2, 0.25) is 0 Å². The fourth-order valence-corrected chi connectivity index (χ4v) is 4.26. The van der Waals surface area contributed by atoms with Crippen molar-refractivity contribution in [2.45, 2.75) is 26.2 Å². The van der Waals surface area contributed by atoms with Gasteiger partial charge in [-0.1, -0.05) is 18.2 Å². The van der Waals surface area contributed by atoms with E-state index in [2.05, 4.69) is 26.7 Å². The van der Waals surface area contributed by atoms with E-state index in [1.165, 1.54) is 17.5 Å². The summed E-state index contributed by atoms with van der Waals surface area (Å²) < 4.78 is 0. The van der Waals surface area contributed by atoms with E-state index in [9.17, 15) is 14.9 Å². The Balaban J connectivity index is 1.55. The minimum Gasteiger partial charge on any atom is -0.396 e. The molecule has 2 aromatic heterocycles. The molecule has 0 saturated carbocycles.